The number of benzene rings is 2. The van der Waals surface area contributed by atoms with E-state index in [4.69, 9.17) is 11.6 Å². The summed E-state index contributed by atoms with van der Waals surface area (Å²) in [5, 5.41) is 12.8. The van der Waals surface area contributed by atoms with Crippen LogP contribution in [-0.4, -0.2) is 47.6 Å². The van der Waals surface area contributed by atoms with Crippen LogP contribution in [0.4, 0.5) is 23.0 Å². The van der Waals surface area contributed by atoms with Gasteiger partial charge in [0.05, 0.1) is 4.92 Å². The van der Waals surface area contributed by atoms with E-state index in [9.17, 15) is 10.1 Å². The van der Waals surface area contributed by atoms with E-state index in [1.807, 2.05) is 46.2 Å². The van der Waals surface area contributed by atoms with E-state index >= 15 is 0 Å². The lowest BCUT2D eigenvalue weighted by Gasteiger charge is -2.37. The highest BCUT2D eigenvalue weighted by Crippen LogP contribution is 2.37. The summed E-state index contributed by atoms with van der Waals surface area (Å²) >= 11 is 6.13. The summed E-state index contributed by atoms with van der Waals surface area (Å²) in [6.07, 6.45) is 2.28. The Morgan fingerprint density at radius 1 is 0.844 bits per heavy atom. The van der Waals surface area contributed by atoms with Crippen LogP contribution >= 0.6 is 11.6 Å². The fourth-order valence-corrected chi connectivity index (χ4v) is 4.70. The highest BCUT2D eigenvalue weighted by molar-refractivity contribution is 6.30. The number of hydrogen-bond acceptors (Lipinski definition) is 7. The Morgan fingerprint density at radius 2 is 1.53 bits per heavy atom. The molecule has 32 heavy (non-hydrogen) atoms. The first-order valence-electron chi connectivity index (χ1n) is 10.7. The molecule has 0 atom stereocenters. The summed E-state index contributed by atoms with van der Waals surface area (Å²) in [5.74, 6) is 0.788. The molecule has 0 amide bonds. The number of rotatable bonds is 4. The second kappa shape index (κ2) is 8.63. The highest BCUT2D eigenvalue weighted by atomic mass is 35.5. The van der Waals surface area contributed by atoms with E-state index in [1.54, 1.807) is 0 Å². The van der Waals surface area contributed by atoms with Crippen molar-refractivity contribution in [3.8, 4) is 0 Å². The minimum atomic E-state index is -0.339. The maximum absolute atomic E-state index is 12.1. The molecule has 8 nitrogen and oxygen atoms in total. The van der Waals surface area contributed by atoms with Crippen molar-refractivity contribution >= 4 is 34.6 Å². The van der Waals surface area contributed by atoms with Gasteiger partial charge in [-0.25, -0.2) is 9.97 Å². The van der Waals surface area contributed by atoms with Crippen molar-refractivity contribution in [1.29, 1.82) is 0 Å². The molecule has 1 saturated heterocycles. The molecule has 164 valence electrons. The van der Waals surface area contributed by atoms with E-state index in [-0.39, 0.29) is 10.6 Å². The Morgan fingerprint density at radius 3 is 2.25 bits per heavy atom. The first-order chi connectivity index (χ1) is 15.6. The van der Waals surface area contributed by atoms with Gasteiger partial charge in [0.1, 0.15) is 6.33 Å². The number of hydrogen-bond donors (Lipinski definition) is 0. The van der Waals surface area contributed by atoms with Gasteiger partial charge in [0.25, 0.3) is 0 Å². The van der Waals surface area contributed by atoms with Crippen LogP contribution in [0.1, 0.15) is 11.1 Å². The van der Waals surface area contributed by atoms with Crippen molar-refractivity contribution in [2.75, 3.05) is 47.4 Å². The summed E-state index contributed by atoms with van der Waals surface area (Å²) in [5.41, 5.74) is 3.52. The van der Waals surface area contributed by atoms with Crippen LogP contribution in [0.5, 0.6) is 0 Å². The van der Waals surface area contributed by atoms with Crippen molar-refractivity contribution in [3.05, 3.63) is 81.1 Å². The van der Waals surface area contributed by atoms with Crippen molar-refractivity contribution in [1.82, 2.24) is 9.97 Å². The van der Waals surface area contributed by atoms with E-state index < -0.39 is 0 Å². The Bertz CT molecular complexity index is 1150. The second-order valence-electron chi connectivity index (χ2n) is 8.02. The largest absolute Gasteiger partial charge is 0.368 e. The number of aromatic nitrogens is 2. The van der Waals surface area contributed by atoms with Gasteiger partial charge in [0.15, 0.2) is 0 Å². The molecule has 2 aliphatic rings. The molecule has 2 aromatic carbocycles. The number of anilines is 3. The van der Waals surface area contributed by atoms with Gasteiger partial charge in [0.2, 0.25) is 11.6 Å². The molecule has 0 N–H and O–H groups in total. The normalized spacial score (nSPS) is 16.1. The second-order valence-corrected chi connectivity index (χ2v) is 8.46. The van der Waals surface area contributed by atoms with Gasteiger partial charge < -0.3 is 14.7 Å². The Kier molecular flexibility index (Phi) is 5.53. The summed E-state index contributed by atoms with van der Waals surface area (Å²) in [6, 6.07) is 16.0. The average molecular weight is 451 g/mol. The van der Waals surface area contributed by atoms with Crippen LogP contribution in [0.2, 0.25) is 5.02 Å². The topological polar surface area (TPSA) is 78.6 Å². The monoisotopic (exact) mass is 450 g/mol. The molecule has 1 aromatic heterocycles. The predicted molar refractivity (Wildman–Crippen MR) is 126 cm³/mol. The van der Waals surface area contributed by atoms with Crippen LogP contribution in [0.3, 0.4) is 0 Å². The van der Waals surface area contributed by atoms with Gasteiger partial charge in [-0.1, -0.05) is 41.9 Å². The van der Waals surface area contributed by atoms with Crippen LogP contribution in [0.25, 0.3) is 0 Å². The van der Waals surface area contributed by atoms with Gasteiger partial charge in [-0.05, 0) is 35.7 Å². The molecule has 3 aromatic rings. The zero-order valence-electron chi connectivity index (χ0n) is 17.5. The molecule has 9 heteroatoms. The number of piperazine rings is 1. The number of halogens is 1. The lowest BCUT2D eigenvalue weighted by Crippen LogP contribution is -2.47. The fraction of sp³-hybridized carbons (Fsp3) is 0.304. The van der Waals surface area contributed by atoms with Gasteiger partial charge in [-0.3, -0.25) is 10.1 Å². The third-order valence-corrected chi connectivity index (χ3v) is 6.38. The molecule has 5 rings (SSSR count). The highest BCUT2D eigenvalue weighted by Gasteiger charge is 2.32. The lowest BCUT2D eigenvalue weighted by molar-refractivity contribution is -0.383. The predicted octanol–water partition coefficient (Wildman–Crippen LogP) is 3.93. The molecule has 0 radical (unpaired) electrons. The maximum Gasteiger partial charge on any atom is 0.353 e. The van der Waals surface area contributed by atoms with Gasteiger partial charge in [-0.15, -0.1) is 0 Å². The Hall–Kier alpha value is -3.39. The van der Waals surface area contributed by atoms with E-state index in [0.717, 1.165) is 25.2 Å². The maximum atomic E-state index is 12.1. The van der Waals surface area contributed by atoms with E-state index in [0.29, 0.717) is 42.8 Å². The average Bonchev–Trinajstić information content (AvgIpc) is 2.83. The van der Waals surface area contributed by atoms with Crippen molar-refractivity contribution < 1.29 is 4.92 Å². The molecule has 2 aliphatic heterocycles. The number of nitro groups is 1. The molecule has 0 aliphatic carbocycles. The van der Waals surface area contributed by atoms with Crippen molar-refractivity contribution in [2.45, 2.75) is 13.0 Å². The Labute approximate surface area is 191 Å². The summed E-state index contributed by atoms with van der Waals surface area (Å²) in [6.45, 7) is 4.02. The minimum Gasteiger partial charge on any atom is -0.368 e. The molecule has 3 heterocycles. The third kappa shape index (κ3) is 3.93. The molecular formula is C23H23ClN6O2. The van der Waals surface area contributed by atoms with Crippen LogP contribution in [0, 0.1) is 10.1 Å². The summed E-state index contributed by atoms with van der Waals surface area (Å²) < 4.78 is 0. The van der Waals surface area contributed by atoms with Crippen LogP contribution in [-0.2, 0) is 13.0 Å². The molecule has 1 fully saturated rings. The minimum absolute atomic E-state index is 0.0110. The van der Waals surface area contributed by atoms with Crippen molar-refractivity contribution in [3.63, 3.8) is 0 Å². The zero-order valence-corrected chi connectivity index (χ0v) is 18.3. The molecule has 0 bridgehead atoms. The number of fused-ring (bicyclic) bond motifs is 1. The van der Waals surface area contributed by atoms with Gasteiger partial charge >= 0.3 is 5.69 Å². The molecule has 0 saturated carbocycles. The molecule has 0 spiro atoms. The first kappa shape index (κ1) is 20.5. The van der Waals surface area contributed by atoms with Gasteiger partial charge in [-0.2, -0.15) is 0 Å². The summed E-state index contributed by atoms with van der Waals surface area (Å²) in [4.78, 5) is 26.7. The fourth-order valence-electron chi connectivity index (χ4n) is 4.51. The number of nitrogens with zero attached hydrogens (tertiary/aromatic N) is 6. The standard InChI is InChI=1S/C23H23ClN6O2/c24-19-6-3-7-20(14-19)27-10-12-28(13-11-27)22-21(30(31)32)23(26-16-25-22)29-9-8-17-4-1-2-5-18(17)15-29/h1-7,14,16H,8-13,15H2. The SMILES string of the molecule is O=[N+]([O-])c1c(N2CCN(c3cccc(Cl)c3)CC2)ncnc1N1CCc2ccccc2C1. The first-order valence-corrected chi connectivity index (χ1v) is 11.0. The molecular weight excluding hydrogens is 428 g/mol. The summed E-state index contributed by atoms with van der Waals surface area (Å²) in [7, 11) is 0. The smallest absolute Gasteiger partial charge is 0.353 e. The zero-order chi connectivity index (χ0) is 22.1. The third-order valence-electron chi connectivity index (χ3n) is 6.15. The molecule has 0 unspecified atom stereocenters. The van der Waals surface area contributed by atoms with Crippen LogP contribution in [0.15, 0.2) is 54.9 Å². The Balaban J connectivity index is 1.39. The lowest BCUT2D eigenvalue weighted by atomic mass is 10.00. The van der Waals surface area contributed by atoms with Crippen molar-refractivity contribution in [2.24, 2.45) is 0 Å². The van der Waals surface area contributed by atoms with E-state index in [1.165, 1.54) is 17.5 Å². The van der Waals surface area contributed by atoms with Gasteiger partial charge in [0, 0.05) is 50.0 Å². The van der Waals surface area contributed by atoms with Crippen LogP contribution < -0.4 is 14.7 Å². The van der Waals surface area contributed by atoms with E-state index in [2.05, 4.69) is 27.0 Å². The quantitative estimate of drug-likeness (QED) is 0.440.